The van der Waals surface area contributed by atoms with E-state index in [9.17, 15) is 0 Å². The Labute approximate surface area is 64.5 Å². The summed E-state index contributed by atoms with van der Waals surface area (Å²) >= 11 is 11.3. The van der Waals surface area contributed by atoms with Gasteiger partial charge in [-0.25, -0.2) is 0 Å². The van der Waals surface area contributed by atoms with Gasteiger partial charge in [0.15, 0.2) is 0 Å². The summed E-state index contributed by atoms with van der Waals surface area (Å²) in [5.41, 5.74) is 0. The highest BCUT2D eigenvalue weighted by molar-refractivity contribution is 6.43. The lowest BCUT2D eigenvalue weighted by Gasteiger charge is -2.16. The summed E-state index contributed by atoms with van der Waals surface area (Å²) in [7, 11) is 1.95. The van der Waals surface area contributed by atoms with Gasteiger partial charge in [-0.15, -0.1) is 0 Å². The first kappa shape index (κ1) is 6.97. The van der Waals surface area contributed by atoms with Crippen molar-refractivity contribution in [3.05, 3.63) is 22.3 Å². The molecule has 1 rings (SSSR count). The maximum atomic E-state index is 5.68. The lowest BCUT2D eigenvalue weighted by molar-refractivity contribution is 0.502. The zero-order chi connectivity index (χ0) is 6.85. The van der Waals surface area contributed by atoms with Crippen molar-refractivity contribution in [1.82, 2.24) is 4.90 Å². The lowest BCUT2D eigenvalue weighted by atomic mass is 10.4. The largest absolute Gasteiger partial charge is 0.375 e. The van der Waals surface area contributed by atoms with Gasteiger partial charge in [0.2, 0.25) is 0 Å². The molecule has 0 saturated heterocycles. The molecule has 0 radical (unpaired) electrons. The van der Waals surface area contributed by atoms with E-state index < -0.39 is 0 Å². The zero-order valence-corrected chi connectivity index (χ0v) is 6.58. The van der Waals surface area contributed by atoms with E-state index in [2.05, 4.69) is 0 Å². The van der Waals surface area contributed by atoms with Gasteiger partial charge in [-0.1, -0.05) is 23.2 Å². The standard InChI is InChI=1S/C6H7Cl2N/c1-9-3-2-5(7)6(8)4-9/h2,4H,3H2,1H3. The molecule has 0 atom stereocenters. The molecule has 0 unspecified atom stereocenters. The van der Waals surface area contributed by atoms with Crippen LogP contribution in [0.4, 0.5) is 0 Å². The number of hydrogen-bond acceptors (Lipinski definition) is 1. The fourth-order valence-electron chi connectivity index (χ4n) is 0.630. The van der Waals surface area contributed by atoms with E-state index in [1.54, 1.807) is 0 Å². The predicted octanol–water partition coefficient (Wildman–Crippen LogP) is 2.13. The third-order valence-electron chi connectivity index (χ3n) is 1.12. The average Bonchev–Trinajstić information content (AvgIpc) is 1.80. The Bertz CT molecular complexity index is 172. The molecule has 50 valence electrons. The fraction of sp³-hybridized carbons (Fsp3) is 0.333. The van der Waals surface area contributed by atoms with Crippen LogP contribution in [0.2, 0.25) is 0 Å². The molecule has 1 aliphatic heterocycles. The summed E-state index contributed by atoms with van der Waals surface area (Å²) in [4.78, 5) is 1.97. The second-order valence-corrected chi connectivity index (χ2v) is 2.78. The van der Waals surface area contributed by atoms with Crippen LogP contribution in [0.25, 0.3) is 0 Å². The Morgan fingerprint density at radius 3 is 2.56 bits per heavy atom. The molecular weight excluding hydrogens is 157 g/mol. The number of rotatable bonds is 0. The Kier molecular flexibility index (Phi) is 2.04. The van der Waals surface area contributed by atoms with Gasteiger partial charge in [-0.05, 0) is 6.08 Å². The SMILES string of the molecule is CN1C=C(Cl)C(Cl)=CC1. The van der Waals surface area contributed by atoms with Crippen LogP contribution in [0.1, 0.15) is 0 Å². The number of allylic oxidation sites excluding steroid dienone is 2. The summed E-state index contributed by atoms with van der Waals surface area (Å²) in [6, 6.07) is 0. The molecule has 1 nitrogen and oxygen atoms in total. The van der Waals surface area contributed by atoms with Gasteiger partial charge in [0.25, 0.3) is 0 Å². The van der Waals surface area contributed by atoms with E-state index in [1.165, 1.54) is 0 Å². The fourth-order valence-corrected chi connectivity index (χ4v) is 0.991. The van der Waals surface area contributed by atoms with Crippen molar-refractivity contribution >= 4 is 23.2 Å². The molecular formula is C6H7Cl2N. The van der Waals surface area contributed by atoms with Gasteiger partial charge in [0, 0.05) is 19.8 Å². The second-order valence-electron chi connectivity index (χ2n) is 1.97. The van der Waals surface area contributed by atoms with Crippen LogP contribution in [0.15, 0.2) is 22.3 Å². The number of halogens is 2. The van der Waals surface area contributed by atoms with Crippen molar-refractivity contribution in [1.29, 1.82) is 0 Å². The van der Waals surface area contributed by atoms with E-state index in [4.69, 9.17) is 23.2 Å². The quantitative estimate of drug-likeness (QED) is 0.530. The Morgan fingerprint density at radius 2 is 2.11 bits per heavy atom. The van der Waals surface area contributed by atoms with Gasteiger partial charge in [-0.2, -0.15) is 0 Å². The van der Waals surface area contributed by atoms with Gasteiger partial charge >= 0.3 is 0 Å². The van der Waals surface area contributed by atoms with Crippen molar-refractivity contribution in [2.45, 2.75) is 0 Å². The maximum absolute atomic E-state index is 5.68. The first-order chi connectivity index (χ1) is 4.20. The lowest BCUT2D eigenvalue weighted by Crippen LogP contribution is -2.13. The van der Waals surface area contributed by atoms with Crippen molar-refractivity contribution in [2.24, 2.45) is 0 Å². The molecule has 9 heavy (non-hydrogen) atoms. The van der Waals surface area contributed by atoms with E-state index in [-0.39, 0.29) is 0 Å². The Hall–Kier alpha value is -0.140. The summed E-state index contributed by atoms with van der Waals surface area (Å²) in [5.74, 6) is 0. The van der Waals surface area contributed by atoms with Crippen molar-refractivity contribution < 1.29 is 0 Å². The maximum Gasteiger partial charge on any atom is 0.0748 e. The average molecular weight is 164 g/mol. The summed E-state index contributed by atoms with van der Waals surface area (Å²) in [6.45, 7) is 0.842. The molecule has 1 heterocycles. The van der Waals surface area contributed by atoms with Crippen LogP contribution < -0.4 is 0 Å². The monoisotopic (exact) mass is 163 g/mol. The molecule has 0 bridgehead atoms. The molecule has 0 aromatic rings. The van der Waals surface area contributed by atoms with E-state index in [0.717, 1.165) is 6.54 Å². The number of nitrogens with zero attached hydrogens (tertiary/aromatic N) is 1. The Balaban J connectivity index is 2.75. The van der Waals surface area contributed by atoms with Crippen LogP contribution in [0.5, 0.6) is 0 Å². The molecule has 0 amide bonds. The molecule has 0 fully saturated rings. The number of hydrogen-bond donors (Lipinski definition) is 0. The van der Waals surface area contributed by atoms with Crippen LogP contribution in [-0.4, -0.2) is 18.5 Å². The molecule has 0 aromatic carbocycles. The van der Waals surface area contributed by atoms with E-state index >= 15 is 0 Å². The topological polar surface area (TPSA) is 3.24 Å². The van der Waals surface area contributed by atoms with E-state index in [1.807, 2.05) is 24.2 Å². The molecule has 0 N–H and O–H groups in total. The summed E-state index contributed by atoms with van der Waals surface area (Å²) in [6.07, 6.45) is 3.69. The van der Waals surface area contributed by atoms with Crippen molar-refractivity contribution in [2.75, 3.05) is 13.6 Å². The summed E-state index contributed by atoms with van der Waals surface area (Å²) < 4.78 is 0. The first-order valence-electron chi connectivity index (χ1n) is 2.64. The highest BCUT2D eigenvalue weighted by atomic mass is 35.5. The first-order valence-corrected chi connectivity index (χ1v) is 3.39. The highest BCUT2D eigenvalue weighted by Gasteiger charge is 2.04. The van der Waals surface area contributed by atoms with Crippen LogP contribution in [0, 0.1) is 0 Å². The molecule has 0 saturated carbocycles. The minimum Gasteiger partial charge on any atom is -0.375 e. The van der Waals surface area contributed by atoms with Gasteiger partial charge < -0.3 is 4.90 Å². The third kappa shape index (κ3) is 1.63. The molecule has 3 heteroatoms. The highest BCUT2D eigenvalue weighted by Crippen LogP contribution is 2.21. The second kappa shape index (κ2) is 2.63. The van der Waals surface area contributed by atoms with Crippen molar-refractivity contribution in [3.8, 4) is 0 Å². The van der Waals surface area contributed by atoms with Crippen LogP contribution >= 0.6 is 23.2 Å². The number of likely N-dealkylation sites (N-methyl/N-ethyl adjacent to an activating group) is 1. The molecule has 0 aromatic heterocycles. The Morgan fingerprint density at radius 1 is 1.44 bits per heavy atom. The third-order valence-corrected chi connectivity index (χ3v) is 1.88. The minimum absolute atomic E-state index is 0.616. The van der Waals surface area contributed by atoms with E-state index in [0.29, 0.717) is 10.1 Å². The van der Waals surface area contributed by atoms with Gasteiger partial charge in [0.1, 0.15) is 0 Å². The smallest absolute Gasteiger partial charge is 0.0748 e. The summed E-state index contributed by atoms with van der Waals surface area (Å²) in [5, 5.41) is 1.26. The van der Waals surface area contributed by atoms with Gasteiger partial charge in [-0.3, -0.25) is 0 Å². The van der Waals surface area contributed by atoms with Crippen molar-refractivity contribution in [3.63, 3.8) is 0 Å². The molecule has 0 spiro atoms. The van der Waals surface area contributed by atoms with Crippen LogP contribution in [-0.2, 0) is 0 Å². The molecule has 1 aliphatic rings. The molecule has 0 aliphatic carbocycles. The van der Waals surface area contributed by atoms with Crippen LogP contribution in [0.3, 0.4) is 0 Å². The minimum atomic E-state index is 0.616. The normalized spacial score (nSPS) is 19.2. The zero-order valence-electron chi connectivity index (χ0n) is 5.06. The van der Waals surface area contributed by atoms with Gasteiger partial charge in [0.05, 0.1) is 10.1 Å². The predicted molar refractivity (Wildman–Crippen MR) is 40.5 cm³/mol.